The normalized spacial score (nSPS) is 14.8. The number of aryl methyl sites for hydroxylation is 2. The van der Waals surface area contributed by atoms with E-state index in [9.17, 15) is 4.79 Å². The molecule has 1 unspecified atom stereocenters. The number of hydrogen-bond acceptors (Lipinski definition) is 5. The Morgan fingerprint density at radius 3 is 2.38 bits per heavy atom. The number of rotatable bonds is 4. The summed E-state index contributed by atoms with van der Waals surface area (Å²) in [6, 6.07) is 22.2. The van der Waals surface area contributed by atoms with E-state index in [-0.39, 0.29) is 6.04 Å². The van der Waals surface area contributed by atoms with Crippen molar-refractivity contribution in [2.75, 3.05) is 10.6 Å². The molecule has 1 aliphatic heterocycles. The van der Waals surface area contributed by atoms with E-state index in [0.29, 0.717) is 10.7 Å². The molecule has 4 aromatic rings. The minimum absolute atomic E-state index is 0.0744. The first-order valence-electron chi connectivity index (χ1n) is 12.3. The minimum Gasteiger partial charge on any atom is -0.444 e. The first-order valence-corrected chi connectivity index (χ1v) is 12.7. The fraction of sp³-hybridized carbons (Fsp3) is 0.276. The standard InChI is InChI=1S/C29H30ClN5O2/c1-18-27-24-14-7-20(19-5-10-23(11-6-19)32-28(36)37-29(2,3)4)17-25(24)26(15-16-35(27)34-33-18)31-22-12-8-21(30)9-13-22/h5-14,17,26,31H,15-16H2,1-4H3,(H,32,36). The van der Waals surface area contributed by atoms with Crippen LogP contribution in [0, 0.1) is 6.92 Å². The molecule has 1 amide bonds. The molecule has 0 aliphatic carbocycles. The summed E-state index contributed by atoms with van der Waals surface area (Å²) in [4.78, 5) is 12.1. The van der Waals surface area contributed by atoms with Gasteiger partial charge in [-0.1, -0.05) is 41.1 Å². The zero-order valence-corrected chi connectivity index (χ0v) is 22.1. The SMILES string of the molecule is Cc1nnn2c1-c1ccc(-c3ccc(NC(=O)OC(C)(C)C)cc3)cc1C(Nc1ccc(Cl)cc1)CC2. The molecular weight excluding hydrogens is 486 g/mol. The molecule has 5 rings (SSSR count). The predicted molar refractivity (Wildman–Crippen MR) is 148 cm³/mol. The Hall–Kier alpha value is -3.84. The number of carbonyl (C=O) groups is 1. The van der Waals surface area contributed by atoms with Crippen LogP contribution in [0.25, 0.3) is 22.4 Å². The lowest BCUT2D eigenvalue weighted by Crippen LogP contribution is -2.27. The van der Waals surface area contributed by atoms with Gasteiger partial charge in [0, 0.05) is 28.5 Å². The molecule has 0 saturated heterocycles. The molecule has 1 atom stereocenters. The largest absolute Gasteiger partial charge is 0.444 e. The molecular formula is C29H30ClN5O2. The number of halogens is 1. The summed E-state index contributed by atoms with van der Waals surface area (Å²) in [5.74, 6) is 0. The number of ether oxygens (including phenoxy) is 1. The van der Waals surface area contributed by atoms with Gasteiger partial charge in [0.05, 0.1) is 17.4 Å². The number of fused-ring (bicyclic) bond motifs is 3. The van der Waals surface area contributed by atoms with E-state index < -0.39 is 11.7 Å². The third-order valence-electron chi connectivity index (χ3n) is 6.26. The lowest BCUT2D eigenvalue weighted by Gasteiger charge is -2.22. The minimum atomic E-state index is -0.550. The second-order valence-electron chi connectivity index (χ2n) is 10.2. The second-order valence-corrected chi connectivity index (χ2v) is 10.7. The third-order valence-corrected chi connectivity index (χ3v) is 6.52. The van der Waals surface area contributed by atoms with Crippen molar-refractivity contribution in [2.45, 2.75) is 52.3 Å². The van der Waals surface area contributed by atoms with Crippen LogP contribution in [0.2, 0.25) is 5.02 Å². The van der Waals surface area contributed by atoms with Crippen LogP contribution >= 0.6 is 11.6 Å². The molecule has 2 N–H and O–H groups in total. The quantitative estimate of drug-likeness (QED) is 0.294. The highest BCUT2D eigenvalue weighted by Gasteiger charge is 2.26. The lowest BCUT2D eigenvalue weighted by atomic mass is 9.92. The summed E-state index contributed by atoms with van der Waals surface area (Å²) in [5, 5.41) is 15.9. The smallest absolute Gasteiger partial charge is 0.412 e. The predicted octanol–water partition coefficient (Wildman–Crippen LogP) is 7.48. The van der Waals surface area contributed by atoms with Gasteiger partial charge >= 0.3 is 6.09 Å². The molecule has 0 fully saturated rings. The molecule has 0 bridgehead atoms. The Kier molecular flexibility index (Phi) is 6.65. The molecule has 0 saturated carbocycles. The Morgan fingerprint density at radius 2 is 1.68 bits per heavy atom. The van der Waals surface area contributed by atoms with Crippen molar-refractivity contribution in [2.24, 2.45) is 0 Å². The van der Waals surface area contributed by atoms with E-state index in [4.69, 9.17) is 16.3 Å². The third kappa shape index (κ3) is 5.62. The van der Waals surface area contributed by atoms with E-state index in [1.54, 1.807) is 0 Å². The molecule has 8 heteroatoms. The highest BCUT2D eigenvalue weighted by Crippen LogP contribution is 2.39. The number of nitrogens with one attached hydrogen (secondary N) is 2. The molecule has 0 radical (unpaired) electrons. The van der Waals surface area contributed by atoms with E-state index in [1.807, 2.05) is 80.9 Å². The summed E-state index contributed by atoms with van der Waals surface area (Å²) in [6.07, 6.45) is 0.384. The van der Waals surface area contributed by atoms with Gasteiger partial charge in [0.25, 0.3) is 0 Å². The number of nitrogens with zero attached hydrogens (tertiary/aromatic N) is 3. The summed E-state index contributed by atoms with van der Waals surface area (Å²) >= 11 is 6.10. The fourth-order valence-electron chi connectivity index (χ4n) is 4.61. The lowest BCUT2D eigenvalue weighted by molar-refractivity contribution is 0.0636. The summed E-state index contributed by atoms with van der Waals surface area (Å²) in [5.41, 5.74) is 7.56. The van der Waals surface area contributed by atoms with Crippen molar-refractivity contribution in [1.82, 2.24) is 15.0 Å². The highest BCUT2D eigenvalue weighted by molar-refractivity contribution is 6.30. The van der Waals surface area contributed by atoms with Crippen LogP contribution in [0.4, 0.5) is 16.2 Å². The topological polar surface area (TPSA) is 81.1 Å². The van der Waals surface area contributed by atoms with Gasteiger partial charge in [-0.05, 0) is 93.3 Å². The van der Waals surface area contributed by atoms with Gasteiger partial charge in [-0.15, -0.1) is 5.10 Å². The van der Waals surface area contributed by atoms with Gasteiger partial charge in [0.15, 0.2) is 0 Å². The summed E-state index contributed by atoms with van der Waals surface area (Å²) in [6.45, 7) is 8.28. The van der Waals surface area contributed by atoms with Gasteiger partial charge in [-0.2, -0.15) is 0 Å². The Labute approximate surface area is 221 Å². The fourth-order valence-corrected chi connectivity index (χ4v) is 4.73. The van der Waals surface area contributed by atoms with Crippen LogP contribution in [0.3, 0.4) is 0 Å². The van der Waals surface area contributed by atoms with E-state index >= 15 is 0 Å². The maximum absolute atomic E-state index is 12.1. The summed E-state index contributed by atoms with van der Waals surface area (Å²) < 4.78 is 7.35. The number of benzene rings is 3. The van der Waals surface area contributed by atoms with Crippen molar-refractivity contribution < 1.29 is 9.53 Å². The first kappa shape index (κ1) is 24.8. The van der Waals surface area contributed by atoms with Gasteiger partial charge in [0.1, 0.15) is 5.60 Å². The van der Waals surface area contributed by atoms with Crippen molar-refractivity contribution in [1.29, 1.82) is 0 Å². The first-order chi connectivity index (χ1) is 17.7. The number of carbonyl (C=O) groups excluding carboxylic acids is 1. The van der Waals surface area contributed by atoms with Crippen molar-refractivity contribution >= 4 is 29.1 Å². The molecule has 7 nitrogen and oxygen atoms in total. The molecule has 1 aliphatic rings. The van der Waals surface area contributed by atoms with Crippen LogP contribution in [0.5, 0.6) is 0 Å². The van der Waals surface area contributed by atoms with Crippen LogP contribution < -0.4 is 10.6 Å². The Balaban J connectivity index is 1.47. The summed E-state index contributed by atoms with van der Waals surface area (Å²) in [7, 11) is 0. The number of anilines is 2. The average Bonchev–Trinajstić information content (AvgIpc) is 3.14. The molecule has 3 aromatic carbocycles. The highest BCUT2D eigenvalue weighted by atomic mass is 35.5. The molecule has 0 spiro atoms. The van der Waals surface area contributed by atoms with Gasteiger partial charge in [-0.3, -0.25) is 5.32 Å². The maximum atomic E-state index is 12.1. The number of hydrogen-bond donors (Lipinski definition) is 2. The second kappa shape index (κ2) is 9.90. The molecule has 1 aromatic heterocycles. The van der Waals surface area contributed by atoms with Crippen molar-refractivity contribution in [3.8, 4) is 22.4 Å². The van der Waals surface area contributed by atoms with E-state index in [2.05, 4.69) is 39.1 Å². The van der Waals surface area contributed by atoms with Gasteiger partial charge < -0.3 is 10.1 Å². The molecule has 2 heterocycles. The van der Waals surface area contributed by atoms with Crippen LogP contribution in [0.1, 0.15) is 44.5 Å². The Morgan fingerprint density at radius 1 is 1.00 bits per heavy atom. The molecule has 190 valence electrons. The average molecular weight is 516 g/mol. The van der Waals surface area contributed by atoms with E-state index in [1.165, 1.54) is 5.56 Å². The maximum Gasteiger partial charge on any atom is 0.412 e. The number of aromatic nitrogens is 3. The van der Waals surface area contributed by atoms with Crippen LogP contribution in [-0.2, 0) is 11.3 Å². The Bertz CT molecular complexity index is 1420. The van der Waals surface area contributed by atoms with Crippen molar-refractivity contribution in [3.63, 3.8) is 0 Å². The van der Waals surface area contributed by atoms with Crippen LogP contribution in [-0.4, -0.2) is 26.7 Å². The zero-order valence-electron chi connectivity index (χ0n) is 21.4. The van der Waals surface area contributed by atoms with Crippen LogP contribution in [0.15, 0.2) is 66.7 Å². The van der Waals surface area contributed by atoms with Gasteiger partial charge in [0.2, 0.25) is 0 Å². The monoisotopic (exact) mass is 515 g/mol. The zero-order chi connectivity index (χ0) is 26.2. The molecule has 37 heavy (non-hydrogen) atoms. The number of amides is 1. The van der Waals surface area contributed by atoms with Gasteiger partial charge in [-0.25, -0.2) is 9.48 Å². The van der Waals surface area contributed by atoms with Crippen molar-refractivity contribution in [3.05, 3.63) is 83.0 Å². The van der Waals surface area contributed by atoms with E-state index in [0.717, 1.165) is 46.7 Å².